The van der Waals surface area contributed by atoms with E-state index in [0.29, 0.717) is 0 Å². The van der Waals surface area contributed by atoms with Crippen LogP contribution in [-0.4, -0.2) is 21.2 Å². The zero-order valence-electron chi connectivity index (χ0n) is 4.55. The quantitative estimate of drug-likeness (QED) is 0.636. The summed E-state index contributed by atoms with van der Waals surface area (Å²) in [6.45, 7) is -1.88. The van der Waals surface area contributed by atoms with Crippen LogP contribution in [0.2, 0.25) is 0 Å². The first-order valence-corrected chi connectivity index (χ1v) is 3.42. The van der Waals surface area contributed by atoms with E-state index in [-0.39, 0.29) is 0 Å². The topological polar surface area (TPSA) is 69.4 Å². The van der Waals surface area contributed by atoms with E-state index in [0.717, 1.165) is 0 Å². The van der Waals surface area contributed by atoms with Gasteiger partial charge in [0.05, 0.1) is 0 Å². The smallest absolute Gasteiger partial charge is 0.249 e. The van der Waals surface area contributed by atoms with E-state index in [1.807, 2.05) is 0 Å². The Hall–Kier alpha value is -0.340. The number of halogens is 3. The molecule has 8 heteroatoms. The Kier molecular flexibility index (Phi) is 2.63. The van der Waals surface area contributed by atoms with Gasteiger partial charge in [0.25, 0.3) is 0 Å². The fourth-order valence-electron chi connectivity index (χ4n) is 0.149. The first kappa shape index (κ1) is 9.66. The average molecular weight is 179 g/mol. The fraction of sp³-hybridized carbons (Fsp3) is 1.00. The molecule has 0 aromatic carbocycles. The summed E-state index contributed by atoms with van der Waals surface area (Å²) < 4.78 is 56.1. The maximum absolute atomic E-state index is 11.1. The van der Waals surface area contributed by atoms with E-state index in [4.69, 9.17) is 0 Å². The molecule has 62 valence electrons. The molecule has 4 nitrogen and oxygen atoms in total. The summed E-state index contributed by atoms with van der Waals surface area (Å²) in [6.07, 6.45) is -4.67. The summed E-state index contributed by atoms with van der Waals surface area (Å²) in [5.74, 6) is 0. The highest BCUT2D eigenvalue weighted by atomic mass is 32.2. The van der Waals surface area contributed by atoms with Crippen molar-refractivity contribution in [1.82, 2.24) is 0 Å². The van der Waals surface area contributed by atoms with Gasteiger partial charge in [-0.05, 0) is 0 Å². The van der Waals surface area contributed by atoms with Crippen LogP contribution in [0.3, 0.4) is 0 Å². The molecule has 0 radical (unpaired) electrons. The summed E-state index contributed by atoms with van der Waals surface area (Å²) in [4.78, 5) is 0. The molecular formula is C2H4F3NO3S. The van der Waals surface area contributed by atoms with Crippen molar-refractivity contribution in [3.8, 4) is 0 Å². The third kappa shape index (κ3) is 7.66. The molecule has 0 saturated carbocycles. The van der Waals surface area contributed by atoms with Crippen molar-refractivity contribution in [1.29, 1.82) is 0 Å². The average Bonchev–Trinajstić information content (AvgIpc) is 1.57. The third-order valence-corrected chi connectivity index (χ3v) is 0.833. The van der Waals surface area contributed by atoms with Crippen molar-refractivity contribution in [3.05, 3.63) is 0 Å². The molecule has 0 saturated heterocycles. The number of hydrogen-bond donors (Lipinski definition) is 1. The molecule has 0 unspecified atom stereocenters. The van der Waals surface area contributed by atoms with Crippen LogP contribution in [0.15, 0.2) is 0 Å². The summed E-state index contributed by atoms with van der Waals surface area (Å²) >= 11 is 0. The van der Waals surface area contributed by atoms with Gasteiger partial charge in [0.15, 0.2) is 6.61 Å². The minimum Gasteiger partial charge on any atom is -0.249 e. The van der Waals surface area contributed by atoms with Gasteiger partial charge in [-0.3, -0.25) is 0 Å². The molecule has 2 N–H and O–H groups in total. The number of nitrogens with two attached hydrogens (primary N) is 1. The van der Waals surface area contributed by atoms with Crippen molar-refractivity contribution < 1.29 is 25.8 Å². The molecule has 0 aliphatic heterocycles. The second-order valence-electron chi connectivity index (χ2n) is 1.37. The van der Waals surface area contributed by atoms with E-state index in [1.54, 1.807) is 0 Å². The van der Waals surface area contributed by atoms with Crippen LogP contribution in [0.25, 0.3) is 0 Å². The Morgan fingerprint density at radius 3 is 1.90 bits per heavy atom. The third-order valence-electron chi connectivity index (χ3n) is 0.387. The van der Waals surface area contributed by atoms with Gasteiger partial charge in [-0.25, -0.2) is 9.32 Å². The molecule has 0 bridgehead atoms. The highest BCUT2D eigenvalue weighted by Gasteiger charge is 2.29. The zero-order chi connectivity index (χ0) is 8.41. The van der Waals surface area contributed by atoms with Crippen molar-refractivity contribution in [2.24, 2.45) is 5.14 Å². The molecule has 0 aliphatic rings. The summed E-state index contributed by atoms with van der Waals surface area (Å²) in [5, 5.41) is 4.09. The van der Waals surface area contributed by atoms with Gasteiger partial charge in [0.1, 0.15) is 0 Å². The molecule has 0 aromatic heterocycles. The molecule has 0 atom stereocenters. The lowest BCUT2D eigenvalue weighted by Crippen LogP contribution is -2.24. The Bertz CT molecular complexity index is 194. The molecule has 0 fully saturated rings. The number of alkyl halides is 3. The predicted molar refractivity (Wildman–Crippen MR) is 25.1 cm³/mol. The summed E-state index contributed by atoms with van der Waals surface area (Å²) in [5.41, 5.74) is 0. The number of rotatable bonds is 2. The largest absolute Gasteiger partial charge is 0.413 e. The first-order chi connectivity index (χ1) is 4.21. The Morgan fingerprint density at radius 2 is 1.80 bits per heavy atom. The van der Waals surface area contributed by atoms with Crippen molar-refractivity contribution in [3.63, 3.8) is 0 Å². The van der Waals surface area contributed by atoms with Gasteiger partial charge in [-0.2, -0.15) is 21.6 Å². The van der Waals surface area contributed by atoms with Gasteiger partial charge >= 0.3 is 16.5 Å². The van der Waals surface area contributed by atoms with Crippen LogP contribution in [0.4, 0.5) is 13.2 Å². The minimum atomic E-state index is -4.67. The maximum atomic E-state index is 11.1. The molecule has 0 rings (SSSR count). The van der Waals surface area contributed by atoms with Crippen molar-refractivity contribution >= 4 is 10.3 Å². The van der Waals surface area contributed by atoms with Crippen LogP contribution in [0.5, 0.6) is 0 Å². The Balaban J connectivity index is 3.79. The predicted octanol–water partition coefficient (Wildman–Crippen LogP) is -0.231. The van der Waals surface area contributed by atoms with Crippen molar-refractivity contribution in [2.75, 3.05) is 6.61 Å². The summed E-state index contributed by atoms with van der Waals surface area (Å²) in [7, 11) is -4.48. The lowest BCUT2D eigenvalue weighted by atomic mass is 10.7. The van der Waals surface area contributed by atoms with Gasteiger partial charge in [-0.15, -0.1) is 0 Å². The molecular weight excluding hydrogens is 175 g/mol. The SMILES string of the molecule is NS(=O)(=O)OCC(F)(F)F. The van der Waals surface area contributed by atoms with Crippen LogP contribution in [-0.2, 0) is 14.5 Å². The van der Waals surface area contributed by atoms with Crippen LogP contribution in [0, 0.1) is 0 Å². The number of hydrogen-bond acceptors (Lipinski definition) is 3. The molecule has 0 aliphatic carbocycles. The van der Waals surface area contributed by atoms with E-state index >= 15 is 0 Å². The van der Waals surface area contributed by atoms with Crippen LogP contribution >= 0.6 is 0 Å². The lowest BCUT2D eigenvalue weighted by molar-refractivity contribution is -0.152. The van der Waals surface area contributed by atoms with Gasteiger partial charge in [0, 0.05) is 0 Å². The van der Waals surface area contributed by atoms with Crippen molar-refractivity contribution in [2.45, 2.75) is 6.18 Å². The molecule has 0 aromatic rings. The normalized spacial score (nSPS) is 13.6. The van der Waals surface area contributed by atoms with E-state index in [9.17, 15) is 21.6 Å². The van der Waals surface area contributed by atoms with Crippen LogP contribution < -0.4 is 5.14 Å². The molecule has 0 amide bonds. The Morgan fingerprint density at radius 1 is 1.40 bits per heavy atom. The van der Waals surface area contributed by atoms with Gasteiger partial charge < -0.3 is 0 Å². The second kappa shape index (κ2) is 2.72. The monoisotopic (exact) mass is 179 g/mol. The van der Waals surface area contributed by atoms with Gasteiger partial charge in [-0.1, -0.05) is 0 Å². The molecule has 0 spiro atoms. The molecule has 10 heavy (non-hydrogen) atoms. The maximum Gasteiger partial charge on any atom is 0.413 e. The van der Waals surface area contributed by atoms with Gasteiger partial charge in [0.2, 0.25) is 0 Å². The highest BCUT2D eigenvalue weighted by Crippen LogP contribution is 2.14. The van der Waals surface area contributed by atoms with E-state index < -0.39 is 23.1 Å². The second-order valence-corrected chi connectivity index (χ2v) is 2.59. The molecule has 0 heterocycles. The highest BCUT2D eigenvalue weighted by molar-refractivity contribution is 7.84. The standard InChI is InChI=1S/C2H4F3NO3S/c3-2(4,5)1-9-10(6,7)8/h1H2,(H2,6,7,8). The minimum absolute atomic E-state index is 1.88. The summed E-state index contributed by atoms with van der Waals surface area (Å²) in [6, 6.07) is 0. The fourth-order valence-corrected chi connectivity index (χ4v) is 0.447. The zero-order valence-corrected chi connectivity index (χ0v) is 5.37. The first-order valence-electron chi connectivity index (χ1n) is 1.94. The lowest BCUT2D eigenvalue weighted by Gasteiger charge is -2.03. The Labute approximate surface area is 55.0 Å². The van der Waals surface area contributed by atoms with E-state index in [1.165, 1.54) is 0 Å². The van der Waals surface area contributed by atoms with E-state index in [2.05, 4.69) is 9.32 Å². The van der Waals surface area contributed by atoms with Crippen LogP contribution in [0.1, 0.15) is 0 Å².